The number of esters is 1. The Labute approximate surface area is 140 Å². The van der Waals surface area contributed by atoms with Gasteiger partial charge in [0.25, 0.3) is 0 Å². The summed E-state index contributed by atoms with van der Waals surface area (Å²) in [5.74, 6) is 0.343. The monoisotopic (exact) mass is 335 g/mol. The van der Waals surface area contributed by atoms with Crippen LogP contribution in [-0.2, 0) is 14.3 Å². The molecule has 0 amide bonds. The SMILES string of the molecule is CCNc1nc(N2CCOCC2)nc(N(C#N)C(C)C(=O)OC)n1. The summed E-state index contributed by atoms with van der Waals surface area (Å²) in [5.41, 5.74) is 0. The molecule has 0 saturated carbocycles. The van der Waals surface area contributed by atoms with Gasteiger partial charge in [0.2, 0.25) is 17.8 Å². The number of hydrogen-bond acceptors (Lipinski definition) is 10. The van der Waals surface area contributed by atoms with Gasteiger partial charge in [-0.05, 0) is 13.8 Å². The molecule has 1 aromatic heterocycles. The van der Waals surface area contributed by atoms with Crippen LogP contribution >= 0.6 is 0 Å². The van der Waals surface area contributed by atoms with E-state index in [0.717, 1.165) is 4.90 Å². The Kier molecular flexibility index (Phi) is 6.08. The zero-order chi connectivity index (χ0) is 17.5. The summed E-state index contributed by atoms with van der Waals surface area (Å²) in [7, 11) is 1.27. The van der Waals surface area contributed by atoms with Crippen molar-refractivity contribution in [3.05, 3.63) is 0 Å². The molecule has 2 heterocycles. The van der Waals surface area contributed by atoms with E-state index in [1.807, 2.05) is 18.0 Å². The first-order valence-electron chi connectivity index (χ1n) is 7.70. The average molecular weight is 335 g/mol. The van der Waals surface area contributed by atoms with Crippen molar-refractivity contribution in [1.29, 1.82) is 5.26 Å². The maximum absolute atomic E-state index is 11.8. The van der Waals surface area contributed by atoms with Gasteiger partial charge in [0.1, 0.15) is 6.04 Å². The molecule has 0 radical (unpaired) electrons. The smallest absolute Gasteiger partial charge is 0.329 e. The van der Waals surface area contributed by atoms with Crippen molar-refractivity contribution in [3.8, 4) is 6.19 Å². The summed E-state index contributed by atoms with van der Waals surface area (Å²) in [6, 6.07) is -0.839. The standard InChI is InChI=1S/C14H21N7O3/c1-4-16-12-17-13(20-5-7-24-8-6-20)19-14(18-12)21(9-15)10(2)11(22)23-3/h10H,4-8H2,1-3H3,(H,16,17,18,19). The summed E-state index contributed by atoms with van der Waals surface area (Å²) in [5, 5.41) is 12.4. The Morgan fingerprint density at radius 3 is 2.75 bits per heavy atom. The van der Waals surface area contributed by atoms with E-state index in [1.165, 1.54) is 7.11 Å². The Bertz CT molecular complexity index is 613. The Balaban J connectivity index is 2.37. The average Bonchev–Trinajstić information content (AvgIpc) is 2.62. The summed E-state index contributed by atoms with van der Waals surface area (Å²) >= 11 is 0. The summed E-state index contributed by atoms with van der Waals surface area (Å²) in [6.07, 6.45) is 1.94. The number of methoxy groups -OCH3 is 1. The molecule has 1 atom stereocenters. The van der Waals surface area contributed by atoms with Crippen LogP contribution in [-0.4, -0.2) is 66.9 Å². The predicted octanol–water partition coefficient (Wildman–Crippen LogP) is -0.0110. The molecule has 10 nitrogen and oxygen atoms in total. The zero-order valence-corrected chi connectivity index (χ0v) is 14.0. The fourth-order valence-corrected chi connectivity index (χ4v) is 2.18. The summed E-state index contributed by atoms with van der Waals surface area (Å²) < 4.78 is 10.0. The first-order valence-corrected chi connectivity index (χ1v) is 7.70. The van der Waals surface area contributed by atoms with Gasteiger partial charge in [-0.15, -0.1) is 0 Å². The summed E-state index contributed by atoms with van der Waals surface area (Å²) in [4.78, 5) is 27.8. The highest BCUT2D eigenvalue weighted by molar-refractivity contribution is 5.79. The molecule has 1 N–H and O–H groups in total. The second-order valence-corrected chi connectivity index (χ2v) is 5.06. The Morgan fingerprint density at radius 1 is 1.46 bits per heavy atom. The van der Waals surface area contributed by atoms with Crippen LogP contribution in [0.15, 0.2) is 0 Å². The number of ether oxygens (including phenoxy) is 2. The van der Waals surface area contributed by atoms with E-state index < -0.39 is 12.0 Å². The fourth-order valence-electron chi connectivity index (χ4n) is 2.18. The molecule has 1 saturated heterocycles. The van der Waals surface area contributed by atoms with Crippen molar-refractivity contribution in [2.75, 3.05) is 55.1 Å². The van der Waals surface area contributed by atoms with Crippen molar-refractivity contribution in [1.82, 2.24) is 15.0 Å². The lowest BCUT2D eigenvalue weighted by Crippen LogP contribution is -2.40. The molecule has 130 valence electrons. The van der Waals surface area contributed by atoms with Gasteiger partial charge < -0.3 is 19.7 Å². The third kappa shape index (κ3) is 3.99. The van der Waals surface area contributed by atoms with E-state index in [9.17, 15) is 10.1 Å². The van der Waals surface area contributed by atoms with E-state index in [1.54, 1.807) is 6.92 Å². The first-order chi connectivity index (χ1) is 11.6. The van der Waals surface area contributed by atoms with Crippen LogP contribution in [0, 0.1) is 11.5 Å². The molecule has 1 aliphatic rings. The van der Waals surface area contributed by atoms with Gasteiger partial charge >= 0.3 is 5.97 Å². The number of anilines is 3. The van der Waals surface area contributed by atoms with Crippen molar-refractivity contribution in [2.45, 2.75) is 19.9 Å². The molecule has 1 aliphatic heterocycles. The number of hydrogen-bond donors (Lipinski definition) is 1. The minimum absolute atomic E-state index is 0.0999. The second kappa shape index (κ2) is 8.26. The summed E-state index contributed by atoms with van der Waals surface area (Å²) in [6.45, 7) is 6.54. The van der Waals surface area contributed by atoms with Crippen molar-refractivity contribution < 1.29 is 14.3 Å². The minimum Gasteiger partial charge on any atom is -0.467 e. The third-order valence-corrected chi connectivity index (χ3v) is 3.49. The number of nitrogens with zero attached hydrogens (tertiary/aromatic N) is 6. The Morgan fingerprint density at radius 2 is 2.17 bits per heavy atom. The van der Waals surface area contributed by atoms with Crippen molar-refractivity contribution in [3.63, 3.8) is 0 Å². The van der Waals surface area contributed by atoms with Crippen molar-refractivity contribution >= 4 is 23.8 Å². The molecule has 2 rings (SSSR count). The fraction of sp³-hybridized carbons (Fsp3) is 0.643. The van der Waals surface area contributed by atoms with Crippen LogP contribution in [0.1, 0.15) is 13.8 Å². The van der Waals surface area contributed by atoms with Crippen LogP contribution in [0.2, 0.25) is 0 Å². The first kappa shape index (κ1) is 17.7. The lowest BCUT2D eigenvalue weighted by atomic mass is 10.3. The lowest BCUT2D eigenvalue weighted by molar-refractivity contribution is -0.141. The highest BCUT2D eigenvalue weighted by atomic mass is 16.5. The highest BCUT2D eigenvalue weighted by Crippen LogP contribution is 2.19. The van der Waals surface area contributed by atoms with Crippen LogP contribution in [0.5, 0.6) is 0 Å². The molecule has 1 fully saturated rings. The predicted molar refractivity (Wildman–Crippen MR) is 86.6 cm³/mol. The van der Waals surface area contributed by atoms with Gasteiger partial charge in [-0.1, -0.05) is 0 Å². The van der Waals surface area contributed by atoms with E-state index in [0.29, 0.717) is 44.7 Å². The van der Waals surface area contributed by atoms with Gasteiger partial charge in [-0.3, -0.25) is 0 Å². The van der Waals surface area contributed by atoms with E-state index in [4.69, 9.17) is 9.47 Å². The van der Waals surface area contributed by atoms with E-state index >= 15 is 0 Å². The number of nitriles is 1. The molecule has 1 aromatic rings. The van der Waals surface area contributed by atoms with Gasteiger partial charge in [0.05, 0.1) is 20.3 Å². The van der Waals surface area contributed by atoms with Gasteiger partial charge in [0, 0.05) is 19.6 Å². The molecule has 0 bridgehead atoms. The van der Waals surface area contributed by atoms with Gasteiger partial charge in [-0.2, -0.15) is 20.2 Å². The van der Waals surface area contributed by atoms with Crippen molar-refractivity contribution in [2.24, 2.45) is 0 Å². The molecule has 10 heteroatoms. The van der Waals surface area contributed by atoms with Crippen LogP contribution in [0.4, 0.5) is 17.8 Å². The van der Waals surface area contributed by atoms with Crippen LogP contribution < -0.4 is 15.1 Å². The molecular weight excluding hydrogens is 314 g/mol. The maximum Gasteiger partial charge on any atom is 0.329 e. The zero-order valence-electron chi connectivity index (χ0n) is 14.0. The van der Waals surface area contributed by atoms with E-state index in [-0.39, 0.29) is 5.95 Å². The lowest BCUT2D eigenvalue weighted by Gasteiger charge is -2.28. The van der Waals surface area contributed by atoms with Crippen LogP contribution in [0.25, 0.3) is 0 Å². The molecule has 0 spiro atoms. The topological polar surface area (TPSA) is 116 Å². The molecule has 24 heavy (non-hydrogen) atoms. The molecule has 0 aliphatic carbocycles. The minimum atomic E-state index is -0.839. The number of carbonyl (C=O) groups excluding carboxylic acids is 1. The quantitative estimate of drug-likeness (QED) is 0.432. The number of aromatic nitrogens is 3. The maximum atomic E-state index is 11.8. The third-order valence-electron chi connectivity index (χ3n) is 3.49. The number of nitrogens with one attached hydrogen (secondary N) is 1. The number of carbonyl (C=O) groups is 1. The van der Waals surface area contributed by atoms with Gasteiger partial charge in [-0.25, -0.2) is 9.69 Å². The molecule has 0 aromatic carbocycles. The second-order valence-electron chi connectivity index (χ2n) is 5.06. The highest BCUT2D eigenvalue weighted by Gasteiger charge is 2.27. The van der Waals surface area contributed by atoms with Gasteiger partial charge in [0.15, 0.2) is 6.19 Å². The molecular formula is C14H21N7O3. The number of rotatable bonds is 6. The largest absolute Gasteiger partial charge is 0.467 e. The normalized spacial score (nSPS) is 15.3. The van der Waals surface area contributed by atoms with E-state index in [2.05, 4.69) is 20.3 Å². The molecule has 1 unspecified atom stereocenters. The number of morpholine rings is 1. The Hall–Kier alpha value is -2.67. The van der Waals surface area contributed by atoms with Crippen LogP contribution in [0.3, 0.4) is 0 Å².